The van der Waals surface area contributed by atoms with Crippen molar-refractivity contribution in [2.24, 2.45) is 0 Å². The molecule has 4 heteroatoms. The van der Waals surface area contributed by atoms with Crippen LogP contribution in [0.4, 0.5) is 0 Å². The summed E-state index contributed by atoms with van der Waals surface area (Å²) in [5.41, 5.74) is 0. The van der Waals surface area contributed by atoms with E-state index in [4.69, 9.17) is 14.9 Å². The van der Waals surface area contributed by atoms with Crippen molar-refractivity contribution in [3.63, 3.8) is 0 Å². The largest absolute Gasteiger partial charge is 0.477 e. The predicted molar refractivity (Wildman–Crippen MR) is 99.1 cm³/mol. The average molecular weight is 345 g/mol. The number of aliphatic hydroxyl groups excluding tert-OH is 1. The third-order valence-electron chi connectivity index (χ3n) is 4.48. The maximum atomic E-state index is 10.3. The minimum Gasteiger partial charge on any atom is -0.477 e. The predicted octanol–water partition coefficient (Wildman–Crippen LogP) is 5.67. The van der Waals surface area contributed by atoms with E-state index in [1.54, 1.807) is 0 Å². The molecular weight excluding hydrogens is 304 g/mol. The van der Waals surface area contributed by atoms with E-state index in [0.29, 0.717) is 6.61 Å². The van der Waals surface area contributed by atoms with E-state index in [9.17, 15) is 4.79 Å². The van der Waals surface area contributed by atoms with E-state index < -0.39 is 12.3 Å². The molecule has 144 valence electrons. The molecule has 1 atom stereocenters. The third kappa shape index (κ3) is 17.7. The summed E-state index contributed by atoms with van der Waals surface area (Å²) in [4.78, 5) is 10.3. The first-order chi connectivity index (χ1) is 11.7. The van der Waals surface area contributed by atoms with E-state index in [-0.39, 0.29) is 0 Å². The second-order valence-electron chi connectivity index (χ2n) is 6.86. The van der Waals surface area contributed by atoms with Crippen LogP contribution in [0.3, 0.4) is 0 Å². The van der Waals surface area contributed by atoms with E-state index in [1.807, 2.05) is 0 Å². The highest BCUT2D eigenvalue weighted by Crippen LogP contribution is 2.13. The van der Waals surface area contributed by atoms with Gasteiger partial charge in [-0.2, -0.15) is 0 Å². The smallest absolute Gasteiger partial charge is 0.360 e. The van der Waals surface area contributed by atoms with Crippen LogP contribution in [0.1, 0.15) is 110 Å². The number of hydrogen-bond donors (Lipinski definition) is 2. The van der Waals surface area contributed by atoms with Gasteiger partial charge in [0.1, 0.15) is 0 Å². The van der Waals surface area contributed by atoms with Gasteiger partial charge in [-0.05, 0) is 6.42 Å². The molecule has 0 bridgehead atoms. The molecule has 0 aromatic rings. The van der Waals surface area contributed by atoms with Gasteiger partial charge in [0, 0.05) is 0 Å². The Balaban J connectivity index is 3.04. The van der Waals surface area contributed by atoms with Crippen LogP contribution in [0.5, 0.6) is 0 Å². The molecule has 0 aromatic heterocycles. The average Bonchev–Trinajstić information content (AvgIpc) is 2.57. The number of carbonyl (C=O) groups is 1. The second-order valence-corrected chi connectivity index (χ2v) is 6.86. The SMILES string of the molecule is CCCCCCCCCCCCCCCCCCOC(O)C(=O)O. The molecule has 4 nitrogen and oxygen atoms in total. The van der Waals surface area contributed by atoms with Gasteiger partial charge in [0.15, 0.2) is 0 Å². The summed E-state index contributed by atoms with van der Waals surface area (Å²) in [6.45, 7) is 2.59. The van der Waals surface area contributed by atoms with E-state index in [0.717, 1.165) is 12.8 Å². The zero-order valence-electron chi connectivity index (χ0n) is 15.8. The molecule has 0 rings (SSSR count). The van der Waals surface area contributed by atoms with Crippen molar-refractivity contribution in [2.45, 2.75) is 116 Å². The Morgan fingerprint density at radius 2 is 1.04 bits per heavy atom. The number of aliphatic hydroxyl groups is 1. The lowest BCUT2D eigenvalue weighted by Gasteiger charge is -2.07. The fourth-order valence-electron chi connectivity index (χ4n) is 2.92. The molecule has 0 fully saturated rings. The van der Waals surface area contributed by atoms with Gasteiger partial charge in [-0.15, -0.1) is 0 Å². The molecule has 0 saturated carbocycles. The molecule has 0 heterocycles. The van der Waals surface area contributed by atoms with Gasteiger partial charge in [-0.3, -0.25) is 0 Å². The Kier molecular flexibility index (Phi) is 18.2. The summed E-state index contributed by atoms with van der Waals surface area (Å²) in [6, 6.07) is 0. The molecule has 24 heavy (non-hydrogen) atoms. The van der Waals surface area contributed by atoms with Crippen LogP contribution in [0.2, 0.25) is 0 Å². The summed E-state index contributed by atoms with van der Waals surface area (Å²) in [5.74, 6) is -1.31. The van der Waals surface area contributed by atoms with Crippen molar-refractivity contribution in [3.05, 3.63) is 0 Å². The maximum Gasteiger partial charge on any atom is 0.360 e. The van der Waals surface area contributed by atoms with E-state index in [2.05, 4.69) is 6.92 Å². The normalized spacial score (nSPS) is 12.4. The lowest BCUT2D eigenvalue weighted by molar-refractivity contribution is -0.176. The number of carboxylic acids is 1. The summed E-state index contributed by atoms with van der Waals surface area (Å²) < 4.78 is 4.78. The molecule has 2 N–H and O–H groups in total. The number of rotatable bonds is 19. The lowest BCUT2D eigenvalue weighted by Crippen LogP contribution is -2.23. The standard InChI is InChI=1S/C20H40O4/c1-2-3-4-5-6-7-8-9-10-11-12-13-14-15-16-17-18-24-20(23)19(21)22/h20,23H,2-18H2,1H3,(H,21,22). The Morgan fingerprint density at radius 1 is 0.708 bits per heavy atom. The minimum atomic E-state index is -1.67. The number of hydrogen-bond acceptors (Lipinski definition) is 3. The molecule has 0 radical (unpaired) electrons. The number of aliphatic carboxylic acids is 1. The first-order valence-electron chi connectivity index (χ1n) is 10.2. The second kappa shape index (κ2) is 18.7. The molecule has 0 amide bonds. The van der Waals surface area contributed by atoms with Crippen LogP contribution in [0.15, 0.2) is 0 Å². The monoisotopic (exact) mass is 344 g/mol. The van der Waals surface area contributed by atoms with Crippen molar-refractivity contribution in [1.29, 1.82) is 0 Å². The maximum absolute atomic E-state index is 10.3. The molecule has 0 aliphatic carbocycles. The third-order valence-corrected chi connectivity index (χ3v) is 4.48. The quantitative estimate of drug-likeness (QED) is 0.234. The molecule has 0 saturated heterocycles. The first kappa shape index (κ1) is 23.4. The summed E-state index contributed by atoms with van der Waals surface area (Å²) in [5, 5.41) is 17.4. The van der Waals surface area contributed by atoms with Crippen molar-refractivity contribution in [3.8, 4) is 0 Å². The first-order valence-corrected chi connectivity index (χ1v) is 10.2. The highest BCUT2D eigenvalue weighted by molar-refractivity contribution is 5.70. The van der Waals surface area contributed by atoms with Gasteiger partial charge in [0.25, 0.3) is 6.29 Å². The summed E-state index contributed by atoms with van der Waals surface area (Å²) in [7, 11) is 0. The molecule has 0 aliphatic heterocycles. The van der Waals surface area contributed by atoms with Crippen LogP contribution in [0.25, 0.3) is 0 Å². The topological polar surface area (TPSA) is 66.8 Å². The zero-order valence-corrected chi connectivity index (χ0v) is 15.8. The molecule has 1 unspecified atom stereocenters. The Bertz CT molecular complexity index is 268. The highest BCUT2D eigenvalue weighted by atomic mass is 16.6. The van der Waals surface area contributed by atoms with Crippen molar-refractivity contribution in [1.82, 2.24) is 0 Å². The van der Waals surface area contributed by atoms with Crippen molar-refractivity contribution < 1.29 is 19.7 Å². The fourth-order valence-corrected chi connectivity index (χ4v) is 2.92. The fraction of sp³-hybridized carbons (Fsp3) is 0.950. The summed E-state index contributed by atoms with van der Waals surface area (Å²) >= 11 is 0. The van der Waals surface area contributed by atoms with E-state index in [1.165, 1.54) is 89.9 Å². The van der Waals surface area contributed by atoms with E-state index >= 15 is 0 Å². The van der Waals surface area contributed by atoms with Gasteiger partial charge in [0.2, 0.25) is 0 Å². The zero-order chi connectivity index (χ0) is 17.9. The van der Waals surface area contributed by atoms with Crippen molar-refractivity contribution in [2.75, 3.05) is 6.61 Å². The highest BCUT2D eigenvalue weighted by Gasteiger charge is 2.11. The molecular formula is C20H40O4. The number of unbranched alkanes of at least 4 members (excludes halogenated alkanes) is 15. The van der Waals surface area contributed by atoms with Crippen LogP contribution >= 0.6 is 0 Å². The Morgan fingerprint density at radius 3 is 1.38 bits per heavy atom. The van der Waals surface area contributed by atoms with Crippen LogP contribution < -0.4 is 0 Å². The molecule has 0 aliphatic rings. The van der Waals surface area contributed by atoms with Gasteiger partial charge in [-0.25, -0.2) is 4.79 Å². The lowest BCUT2D eigenvalue weighted by atomic mass is 10.0. The molecule has 0 spiro atoms. The van der Waals surface area contributed by atoms with Crippen LogP contribution in [0, 0.1) is 0 Å². The van der Waals surface area contributed by atoms with Crippen LogP contribution in [-0.4, -0.2) is 29.1 Å². The van der Waals surface area contributed by atoms with Gasteiger partial charge < -0.3 is 14.9 Å². The van der Waals surface area contributed by atoms with Gasteiger partial charge in [-0.1, -0.05) is 103 Å². The molecule has 0 aromatic carbocycles. The summed E-state index contributed by atoms with van der Waals surface area (Å²) in [6.07, 6.45) is 19.2. The van der Waals surface area contributed by atoms with Gasteiger partial charge >= 0.3 is 5.97 Å². The van der Waals surface area contributed by atoms with Crippen molar-refractivity contribution >= 4 is 5.97 Å². The van der Waals surface area contributed by atoms with Crippen LogP contribution in [-0.2, 0) is 9.53 Å². The number of carboxylic acid groups (broad SMARTS) is 1. The Labute approximate surface area is 149 Å². The Hall–Kier alpha value is -0.610. The minimum absolute atomic E-state index is 0.325. The number of ether oxygens (including phenoxy) is 1. The van der Waals surface area contributed by atoms with Gasteiger partial charge in [0.05, 0.1) is 6.61 Å².